The molecule has 184 valence electrons. The molecule has 7 atom stereocenters. The molecule has 4 saturated carbocycles. The highest BCUT2D eigenvalue weighted by Gasteiger charge is 2.56. The Labute approximate surface area is 201 Å². The second-order valence-electron chi connectivity index (χ2n) is 13.9. The van der Waals surface area contributed by atoms with Gasteiger partial charge in [0.25, 0.3) is 0 Å². The lowest BCUT2D eigenvalue weighted by Gasteiger charge is -2.56. The zero-order valence-electron chi connectivity index (χ0n) is 21.7. The third-order valence-corrected chi connectivity index (χ3v) is 11.0. The lowest BCUT2D eigenvalue weighted by molar-refractivity contribution is -0.163. The average Bonchev–Trinajstić information content (AvgIpc) is 3.14. The van der Waals surface area contributed by atoms with Crippen molar-refractivity contribution >= 4 is 11.8 Å². The molecule has 3 nitrogen and oxygen atoms in total. The van der Waals surface area contributed by atoms with Gasteiger partial charge in [0.2, 0.25) is 0 Å². The summed E-state index contributed by atoms with van der Waals surface area (Å²) in [6, 6.07) is 0. The fourth-order valence-corrected chi connectivity index (χ4v) is 9.19. The van der Waals surface area contributed by atoms with E-state index in [0.717, 1.165) is 43.9 Å². The molecule has 5 aliphatic rings. The van der Waals surface area contributed by atoms with Gasteiger partial charge in [-0.2, -0.15) is 0 Å². The number of hydrogen-bond donors (Lipinski definition) is 0. The van der Waals surface area contributed by atoms with Crippen molar-refractivity contribution in [1.82, 2.24) is 0 Å². The summed E-state index contributed by atoms with van der Waals surface area (Å²) in [5, 5.41) is 0. The SMILES string of the molecule is CC1CC2=CC(=O)CC(OC(=O)C3CCC(C(C)(C)C)CC3)[C@@H]2[C@H]2CC[C@]3(C)CCC[C@H]3[C@H]12. The van der Waals surface area contributed by atoms with Crippen molar-refractivity contribution in [3.05, 3.63) is 11.6 Å². The van der Waals surface area contributed by atoms with Gasteiger partial charge in [0.1, 0.15) is 6.10 Å². The van der Waals surface area contributed by atoms with Gasteiger partial charge in [0.05, 0.1) is 5.92 Å². The Kier molecular flexibility index (Phi) is 6.10. The van der Waals surface area contributed by atoms with Crippen molar-refractivity contribution < 1.29 is 14.3 Å². The van der Waals surface area contributed by atoms with Crippen LogP contribution in [0.2, 0.25) is 0 Å². The van der Waals surface area contributed by atoms with Crippen LogP contribution in [0.1, 0.15) is 105 Å². The zero-order valence-corrected chi connectivity index (χ0v) is 21.7. The minimum absolute atomic E-state index is 0.0157. The summed E-state index contributed by atoms with van der Waals surface area (Å²) in [4.78, 5) is 26.0. The third-order valence-electron chi connectivity index (χ3n) is 11.0. The largest absolute Gasteiger partial charge is 0.461 e. The van der Waals surface area contributed by atoms with E-state index in [1.54, 1.807) is 0 Å². The summed E-state index contributed by atoms with van der Waals surface area (Å²) < 4.78 is 6.31. The smallest absolute Gasteiger partial charge is 0.309 e. The molecule has 2 unspecified atom stereocenters. The lowest BCUT2D eigenvalue weighted by Crippen LogP contribution is -2.52. The highest BCUT2D eigenvalue weighted by Crippen LogP contribution is 2.63. The topological polar surface area (TPSA) is 43.4 Å². The molecule has 3 heteroatoms. The Bertz CT molecular complexity index is 811. The Morgan fingerprint density at radius 3 is 2.45 bits per heavy atom. The standard InChI is InChI=1S/C30H46O3/c1-18-15-20-16-22(31)17-25(33-28(32)19-8-10-21(11-9-19)29(2,3)4)27(20)23-12-14-30(5)13-6-7-24(30)26(18)23/h16,18-19,21,23-27H,6-15,17H2,1-5H3/t18?,19?,21?,23-,24-,25?,26+,27-,30-/m0/s1. The first kappa shape index (κ1) is 23.6. The lowest BCUT2D eigenvalue weighted by atomic mass is 9.49. The van der Waals surface area contributed by atoms with Crippen molar-refractivity contribution in [2.24, 2.45) is 52.3 Å². The number of rotatable bonds is 2. The fraction of sp³-hybridized carbons (Fsp3) is 0.867. The van der Waals surface area contributed by atoms with E-state index in [4.69, 9.17) is 4.74 Å². The van der Waals surface area contributed by atoms with E-state index in [2.05, 4.69) is 34.6 Å². The third kappa shape index (κ3) is 4.25. The number of fused-ring (bicyclic) bond motifs is 5. The van der Waals surface area contributed by atoms with Crippen molar-refractivity contribution in [3.8, 4) is 0 Å². The molecule has 33 heavy (non-hydrogen) atoms. The molecule has 0 heterocycles. The Hall–Kier alpha value is -1.12. The summed E-state index contributed by atoms with van der Waals surface area (Å²) in [6.07, 6.45) is 13.9. The minimum Gasteiger partial charge on any atom is -0.461 e. The Morgan fingerprint density at radius 1 is 1.03 bits per heavy atom. The van der Waals surface area contributed by atoms with Gasteiger partial charge in [-0.05, 0) is 104 Å². The molecule has 4 fully saturated rings. The Balaban J connectivity index is 1.32. The van der Waals surface area contributed by atoms with E-state index in [1.165, 1.54) is 37.7 Å². The van der Waals surface area contributed by atoms with Gasteiger partial charge in [-0.25, -0.2) is 0 Å². The first-order valence-corrected chi connectivity index (χ1v) is 14.0. The van der Waals surface area contributed by atoms with E-state index in [9.17, 15) is 9.59 Å². The highest BCUT2D eigenvalue weighted by molar-refractivity contribution is 5.92. The van der Waals surface area contributed by atoms with E-state index >= 15 is 0 Å². The quantitative estimate of drug-likeness (QED) is 0.417. The fourth-order valence-electron chi connectivity index (χ4n) is 9.19. The second kappa shape index (κ2) is 8.52. The van der Waals surface area contributed by atoms with Crippen LogP contribution in [0.25, 0.3) is 0 Å². The van der Waals surface area contributed by atoms with Crippen molar-refractivity contribution in [2.75, 3.05) is 0 Å². The van der Waals surface area contributed by atoms with Crippen LogP contribution < -0.4 is 0 Å². The van der Waals surface area contributed by atoms with E-state index < -0.39 is 0 Å². The zero-order chi connectivity index (χ0) is 23.5. The van der Waals surface area contributed by atoms with Gasteiger partial charge in [-0.1, -0.05) is 46.6 Å². The molecule has 0 N–H and O–H groups in total. The van der Waals surface area contributed by atoms with Crippen LogP contribution in [0.5, 0.6) is 0 Å². The molecule has 0 spiro atoms. The van der Waals surface area contributed by atoms with Gasteiger partial charge in [0.15, 0.2) is 5.78 Å². The van der Waals surface area contributed by atoms with Crippen molar-refractivity contribution in [2.45, 2.75) is 111 Å². The maximum atomic E-state index is 13.3. The molecule has 5 aliphatic carbocycles. The van der Waals surface area contributed by atoms with E-state index in [-0.39, 0.29) is 29.7 Å². The van der Waals surface area contributed by atoms with Crippen LogP contribution in [-0.4, -0.2) is 17.9 Å². The van der Waals surface area contributed by atoms with E-state index in [0.29, 0.717) is 35.0 Å². The summed E-state index contributed by atoms with van der Waals surface area (Å²) in [5.74, 6) is 3.91. The van der Waals surface area contributed by atoms with Crippen LogP contribution in [0, 0.1) is 52.3 Å². The predicted molar refractivity (Wildman–Crippen MR) is 131 cm³/mol. The second-order valence-corrected chi connectivity index (χ2v) is 13.9. The number of ketones is 1. The molecule has 0 aliphatic heterocycles. The maximum Gasteiger partial charge on any atom is 0.309 e. The van der Waals surface area contributed by atoms with E-state index in [1.807, 2.05) is 6.08 Å². The molecule has 0 aromatic heterocycles. The van der Waals surface area contributed by atoms with Crippen molar-refractivity contribution in [3.63, 3.8) is 0 Å². The minimum atomic E-state index is -0.226. The Morgan fingerprint density at radius 2 is 1.76 bits per heavy atom. The highest BCUT2D eigenvalue weighted by atomic mass is 16.5. The number of hydrogen-bond acceptors (Lipinski definition) is 3. The van der Waals surface area contributed by atoms with Crippen LogP contribution in [0.4, 0.5) is 0 Å². The molecule has 0 amide bonds. The summed E-state index contributed by atoms with van der Waals surface area (Å²) in [7, 11) is 0. The molecule has 0 radical (unpaired) electrons. The van der Waals surface area contributed by atoms with Crippen LogP contribution in [0.3, 0.4) is 0 Å². The molecule has 0 aromatic rings. The monoisotopic (exact) mass is 454 g/mol. The molecule has 0 aromatic carbocycles. The summed E-state index contributed by atoms with van der Waals surface area (Å²) >= 11 is 0. The van der Waals surface area contributed by atoms with Crippen LogP contribution >= 0.6 is 0 Å². The van der Waals surface area contributed by atoms with Gasteiger partial charge < -0.3 is 4.74 Å². The maximum absolute atomic E-state index is 13.3. The normalized spacial score (nSPS) is 45.5. The summed E-state index contributed by atoms with van der Waals surface area (Å²) in [5.41, 5.74) is 2.13. The first-order valence-electron chi connectivity index (χ1n) is 14.0. The number of esters is 1. The van der Waals surface area contributed by atoms with Gasteiger partial charge in [-0.3, -0.25) is 9.59 Å². The van der Waals surface area contributed by atoms with Gasteiger partial charge in [0, 0.05) is 12.3 Å². The number of carbonyl (C=O) groups is 2. The van der Waals surface area contributed by atoms with Crippen LogP contribution in [0.15, 0.2) is 11.6 Å². The summed E-state index contributed by atoms with van der Waals surface area (Å²) in [6.45, 7) is 11.9. The molecular formula is C30H46O3. The molecule has 0 saturated heterocycles. The van der Waals surface area contributed by atoms with Gasteiger partial charge >= 0.3 is 5.97 Å². The predicted octanol–water partition coefficient (Wildman–Crippen LogP) is 7.14. The van der Waals surface area contributed by atoms with Crippen molar-refractivity contribution in [1.29, 1.82) is 0 Å². The first-order chi connectivity index (χ1) is 15.6. The van der Waals surface area contributed by atoms with Gasteiger partial charge in [-0.15, -0.1) is 0 Å². The molecule has 0 bridgehead atoms. The number of ether oxygens (including phenoxy) is 1. The molecular weight excluding hydrogens is 408 g/mol. The molecule has 5 rings (SSSR count). The average molecular weight is 455 g/mol. The van der Waals surface area contributed by atoms with Crippen LogP contribution in [-0.2, 0) is 14.3 Å². The number of carbonyl (C=O) groups excluding carboxylic acids is 2.